The summed E-state index contributed by atoms with van der Waals surface area (Å²) < 4.78 is 0. The molecule has 0 fully saturated rings. The summed E-state index contributed by atoms with van der Waals surface area (Å²) in [5.74, 6) is -1.16. The van der Waals surface area contributed by atoms with Gasteiger partial charge in [-0.2, -0.15) is 0 Å². The van der Waals surface area contributed by atoms with Gasteiger partial charge in [-0.3, -0.25) is 4.79 Å². The maximum absolute atomic E-state index is 11.4. The van der Waals surface area contributed by atoms with Crippen LogP contribution < -0.4 is 0 Å². The second-order valence-corrected chi connectivity index (χ2v) is 4.03. The molecule has 0 saturated heterocycles. The van der Waals surface area contributed by atoms with Crippen molar-refractivity contribution < 1.29 is 25.3 Å². The smallest absolute Gasteiger partial charge is 0.326 e. The molecule has 0 saturated carbocycles. The molecule has 1 aromatic rings. The van der Waals surface area contributed by atoms with E-state index in [9.17, 15) is 14.7 Å². The van der Waals surface area contributed by atoms with Gasteiger partial charge < -0.3 is 20.6 Å². The molecule has 0 bridgehead atoms. The molecule has 0 aliphatic rings. The SMILES string of the molecule is CCN(C(C)=O)[C@@H](Cc1ccc(O)cc1)C(=O)O.O. The van der Waals surface area contributed by atoms with Crippen molar-refractivity contribution in [1.82, 2.24) is 4.90 Å². The topological polar surface area (TPSA) is 109 Å². The Hall–Kier alpha value is -2.08. The minimum absolute atomic E-state index is 0. The van der Waals surface area contributed by atoms with Gasteiger partial charge >= 0.3 is 5.97 Å². The van der Waals surface area contributed by atoms with Crippen LogP contribution in [-0.4, -0.2) is 45.1 Å². The van der Waals surface area contributed by atoms with Crippen LogP contribution in [0, 0.1) is 0 Å². The molecule has 19 heavy (non-hydrogen) atoms. The van der Waals surface area contributed by atoms with E-state index in [4.69, 9.17) is 5.11 Å². The summed E-state index contributed by atoms with van der Waals surface area (Å²) in [4.78, 5) is 23.9. The Morgan fingerprint density at radius 1 is 1.26 bits per heavy atom. The molecule has 0 radical (unpaired) electrons. The van der Waals surface area contributed by atoms with Crippen molar-refractivity contribution in [2.24, 2.45) is 0 Å². The van der Waals surface area contributed by atoms with Gasteiger partial charge in [0.1, 0.15) is 11.8 Å². The minimum atomic E-state index is -1.03. The number of carbonyl (C=O) groups is 2. The molecule has 4 N–H and O–H groups in total. The number of carboxylic acids is 1. The van der Waals surface area contributed by atoms with Gasteiger partial charge in [-0.15, -0.1) is 0 Å². The number of likely N-dealkylation sites (N-methyl/N-ethyl adjacent to an activating group) is 1. The number of carbonyl (C=O) groups excluding carboxylic acids is 1. The van der Waals surface area contributed by atoms with Crippen molar-refractivity contribution in [2.75, 3.05) is 6.54 Å². The molecule has 0 heterocycles. The summed E-state index contributed by atoms with van der Waals surface area (Å²) in [6.07, 6.45) is 0.225. The number of nitrogens with zero attached hydrogens (tertiary/aromatic N) is 1. The van der Waals surface area contributed by atoms with Crippen LogP contribution in [0.15, 0.2) is 24.3 Å². The zero-order valence-corrected chi connectivity index (χ0v) is 11.0. The Balaban J connectivity index is 0.00000324. The van der Waals surface area contributed by atoms with E-state index in [2.05, 4.69) is 0 Å². The largest absolute Gasteiger partial charge is 0.508 e. The van der Waals surface area contributed by atoms with Crippen molar-refractivity contribution >= 4 is 11.9 Å². The van der Waals surface area contributed by atoms with Crippen molar-refractivity contribution in [3.63, 3.8) is 0 Å². The van der Waals surface area contributed by atoms with E-state index in [1.54, 1.807) is 19.1 Å². The fourth-order valence-electron chi connectivity index (χ4n) is 1.85. The molecule has 0 aromatic heterocycles. The van der Waals surface area contributed by atoms with Gasteiger partial charge in [0.2, 0.25) is 5.91 Å². The Morgan fingerprint density at radius 2 is 1.79 bits per heavy atom. The van der Waals surface area contributed by atoms with Crippen molar-refractivity contribution in [1.29, 1.82) is 0 Å². The molecule has 0 unspecified atom stereocenters. The Kier molecular flexibility index (Phi) is 6.57. The van der Waals surface area contributed by atoms with Gasteiger partial charge in [0, 0.05) is 19.9 Å². The van der Waals surface area contributed by atoms with Crippen LogP contribution >= 0.6 is 0 Å². The fourth-order valence-corrected chi connectivity index (χ4v) is 1.85. The zero-order chi connectivity index (χ0) is 13.7. The molecule has 1 aromatic carbocycles. The summed E-state index contributed by atoms with van der Waals surface area (Å²) in [6, 6.07) is 5.42. The molecular weight excluding hydrogens is 250 g/mol. The maximum Gasteiger partial charge on any atom is 0.326 e. The van der Waals surface area contributed by atoms with E-state index in [0.29, 0.717) is 6.54 Å². The number of rotatable bonds is 5. The summed E-state index contributed by atoms with van der Waals surface area (Å²) in [5, 5.41) is 18.4. The minimum Gasteiger partial charge on any atom is -0.508 e. The van der Waals surface area contributed by atoms with E-state index < -0.39 is 12.0 Å². The second kappa shape index (κ2) is 7.38. The van der Waals surface area contributed by atoms with Gasteiger partial charge in [-0.25, -0.2) is 4.79 Å². The lowest BCUT2D eigenvalue weighted by molar-refractivity contribution is -0.149. The Labute approximate surface area is 111 Å². The third-order valence-corrected chi connectivity index (χ3v) is 2.77. The van der Waals surface area contributed by atoms with Crippen LogP contribution in [0.3, 0.4) is 0 Å². The molecule has 0 aliphatic carbocycles. The van der Waals surface area contributed by atoms with Crippen LogP contribution in [0.4, 0.5) is 0 Å². The molecule has 106 valence electrons. The number of phenolic OH excluding ortho intramolecular Hbond substituents is 1. The normalized spacial score (nSPS) is 11.3. The van der Waals surface area contributed by atoms with Crippen LogP contribution in [0.5, 0.6) is 5.75 Å². The number of benzene rings is 1. The average molecular weight is 269 g/mol. The highest BCUT2D eigenvalue weighted by Crippen LogP contribution is 2.14. The van der Waals surface area contributed by atoms with E-state index in [0.717, 1.165) is 5.56 Å². The number of hydrogen-bond donors (Lipinski definition) is 2. The first-order valence-electron chi connectivity index (χ1n) is 5.73. The molecular formula is C13H19NO5. The number of aliphatic carboxylic acids is 1. The predicted molar refractivity (Wildman–Crippen MR) is 69.9 cm³/mol. The van der Waals surface area contributed by atoms with Crippen molar-refractivity contribution in [3.05, 3.63) is 29.8 Å². The van der Waals surface area contributed by atoms with E-state index >= 15 is 0 Å². The van der Waals surface area contributed by atoms with Crippen LogP contribution in [0.2, 0.25) is 0 Å². The van der Waals surface area contributed by atoms with Gasteiger partial charge in [0.05, 0.1) is 0 Å². The van der Waals surface area contributed by atoms with Crippen LogP contribution in [0.1, 0.15) is 19.4 Å². The molecule has 1 atom stereocenters. The average Bonchev–Trinajstić information content (AvgIpc) is 2.30. The standard InChI is InChI=1S/C13H17NO4.H2O/c1-3-14(9(2)15)12(13(17)18)8-10-4-6-11(16)7-5-10;/h4-7,12,16H,3,8H2,1-2H3,(H,17,18);1H2/t12-;/m0./s1. The zero-order valence-electron chi connectivity index (χ0n) is 11.0. The van der Waals surface area contributed by atoms with E-state index in [1.807, 2.05) is 0 Å². The maximum atomic E-state index is 11.4. The number of aromatic hydroxyl groups is 1. The molecule has 1 rings (SSSR count). The monoisotopic (exact) mass is 269 g/mol. The number of hydrogen-bond acceptors (Lipinski definition) is 3. The van der Waals surface area contributed by atoms with Crippen LogP contribution in [0.25, 0.3) is 0 Å². The summed E-state index contributed by atoms with van der Waals surface area (Å²) in [7, 11) is 0. The van der Waals surface area contributed by atoms with Crippen molar-refractivity contribution in [2.45, 2.75) is 26.3 Å². The first kappa shape index (κ1) is 16.9. The van der Waals surface area contributed by atoms with Crippen molar-refractivity contribution in [3.8, 4) is 5.75 Å². The summed E-state index contributed by atoms with van der Waals surface area (Å²) in [5.41, 5.74) is 0.764. The lowest BCUT2D eigenvalue weighted by Gasteiger charge is -2.26. The quantitative estimate of drug-likeness (QED) is 0.807. The molecule has 0 aliphatic heterocycles. The Bertz CT molecular complexity index is 429. The van der Waals surface area contributed by atoms with E-state index in [-0.39, 0.29) is 23.6 Å². The van der Waals surface area contributed by atoms with Crippen LogP contribution in [-0.2, 0) is 16.0 Å². The molecule has 6 nitrogen and oxygen atoms in total. The number of carboxylic acid groups (broad SMARTS) is 1. The third-order valence-electron chi connectivity index (χ3n) is 2.77. The number of phenols is 1. The highest BCUT2D eigenvalue weighted by molar-refractivity contribution is 5.82. The molecule has 6 heteroatoms. The fraction of sp³-hybridized carbons (Fsp3) is 0.385. The van der Waals surface area contributed by atoms with E-state index in [1.165, 1.54) is 24.0 Å². The summed E-state index contributed by atoms with van der Waals surface area (Å²) >= 11 is 0. The van der Waals surface area contributed by atoms with Gasteiger partial charge in [-0.05, 0) is 24.6 Å². The first-order chi connectivity index (χ1) is 8.45. The molecule has 1 amide bonds. The first-order valence-corrected chi connectivity index (χ1v) is 5.73. The highest BCUT2D eigenvalue weighted by atomic mass is 16.4. The lowest BCUT2D eigenvalue weighted by atomic mass is 10.0. The summed E-state index contributed by atoms with van der Waals surface area (Å²) in [6.45, 7) is 3.45. The Morgan fingerprint density at radius 3 is 2.16 bits per heavy atom. The highest BCUT2D eigenvalue weighted by Gasteiger charge is 2.26. The predicted octanol–water partition coefficient (Wildman–Crippen LogP) is 0.432. The van der Waals surface area contributed by atoms with Gasteiger partial charge in [-0.1, -0.05) is 12.1 Å². The molecule has 0 spiro atoms. The second-order valence-electron chi connectivity index (χ2n) is 4.03. The van der Waals surface area contributed by atoms with Gasteiger partial charge in [0.25, 0.3) is 0 Å². The van der Waals surface area contributed by atoms with Gasteiger partial charge in [0.15, 0.2) is 0 Å². The third kappa shape index (κ3) is 4.59. The number of amides is 1. The lowest BCUT2D eigenvalue weighted by Crippen LogP contribution is -2.45.